The van der Waals surface area contributed by atoms with Crippen LogP contribution in [0.25, 0.3) is 5.69 Å². The molecule has 0 unspecified atom stereocenters. The summed E-state index contributed by atoms with van der Waals surface area (Å²) in [5, 5.41) is 11.4. The van der Waals surface area contributed by atoms with Gasteiger partial charge in [0.2, 0.25) is 5.88 Å². The lowest BCUT2D eigenvalue weighted by Crippen LogP contribution is -2.15. The fourth-order valence-corrected chi connectivity index (χ4v) is 2.39. The molecule has 0 saturated carbocycles. The van der Waals surface area contributed by atoms with Crippen LogP contribution in [0.1, 0.15) is 23.1 Å². The lowest BCUT2D eigenvalue weighted by atomic mass is 10.3. The second kappa shape index (κ2) is 6.57. The Bertz CT molecular complexity index is 851. The van der Waals surface area contributed by atoms with Gasteiger partial charge in [0.1, 0.15) is 5.82 Å². The molecule has 3 aromatic rings. The maximum absolute atomic E-state index is 12.5. The third-order valence-electron chi connectivity index (χ3n) is 3.45. The third kappa shape index (κ3) is 3.15. The van der Waals surface area contributed by atoms with Gasteiger partial charge < -0.3 is 10.1 Å². The van der Waals surface area contributed by atoms with Gasteiger partial charge in [0, 0.05) is 19.2 Å². The second-order valence-electron chi connectivity index (χ2n) is 5.30. The molecule has 0 aliphatic rings. The summed E-state index contributed by atoms with van der Waals surface area (Å²) in [7, 11) is 1.77. The Morgan fingerprint density at radius 3 is 2.58 bits per heavy atom. The minimum atomic E-state index is -0.311. The van der Waals surface area contributed by atoms with Crippen LogP contribution >= 0.6 is 0 Å². The van der Waals surface area contributed by atoms with E-state index in [2.05, 4.69) is 15.5 Å². The molecule has 24 heavy (non-hydrogen) atoms. The molecule has 2 heterocycles. The molecule has 0 saturated heterocycles. The Kier molecular flexibility index (Phi) is 4.33. The van der Waals surface area contributed by atoms with E-state index in [0.29, 0.717) is 18.3 Å². The van der Waals surface area contributed by atoms with Crippen molar-refractivity contribution in [2.75, 3.05) is 11.9 Å². The highest BCUT2D eigenvalue weighted by molar-refractivity contribution is 6.02. The van der Waals surface area contributed by atoms with Crippen molar-refractivity contribution in [2.45, 2.75) is 13.8 Å². The highest BCUT2D eigenvalue weighted by Crippen LogP contribution is 2.20. The number of para-hydroxylation sites is 1. The van der Waals surface area contributed by atoms with Gasteiger partial charge in [0.25, 0.3) is 5.91 Å². The number of rotatable bonds is 5. The van der Waals surface area contributed by atoms with Crippen molar-refractivity contribution in [3.05, 3.63) is 53.9 Å². The van der Waals surface area contributed by atoms with Crippen LogP contribution in [0.15, 0.2) is 42.5 Å². The highest BCUT2D eigenvalue weighted by Gasteiger charge is 2.17. The largest absolute Gasteiger partial charge is 0.478 e. The van der Waals surface area contributed by atoms with E-state index in [1.807, 2.05) is 44.2 Å². The first kappa shape index (κ1) is 15.8. The Labute approximate surface area is 139 Å². The molecule has 1 amide bonds. The Hall–Kier alpha value is -3.09. The molecule has 0 atom stereocenters. The first-order chi connectivity index (χ1) is 11.6. The van der Waals surface area contributed by atoms with Crippen LogP contribution in [0.5, 0.6) is 5.88 Å². The summed E-state index contributed by atoms with van der Waals surface area (Å²) in [6.45, 7) is 4.24. The molecule has 1 aromatic carbocycles. The predicted molar refractivity (Wildman–Crippen MR) is 90.6 cm³/mol. The third-order valence-corrected chi connectivity index (χ3v) is 3.45. The summed E-state index contributed by atoms with van der Waals surface area (Å²) >= 11 is 0. The number of amides is 1. The smallest absolute Gasteiger partial charge is 0.277 e. The van der Waals surface area contributed by atoms with E-state index in [1.165, 1.54) is 0 Å². The predicted octanol–water partition coefficient (Wildman–Crippen LogP) is 2.57. The molecular weight excluding hydrogens is 306 g/mol. The molecular formula is C17H19N5O2. The standard InChI is InChI=1S/C17H19N5O2/c1-4-24-16-11-14(20-22(16)13-8-6-5-7-9-13)17(23)18-15-10-12(2)19-21(15)3/h5-11H,4H2,1-3H3,(H,18,23). The molecule has 2 aromatic heterocycles. The fourth-order valence-electron chi connectivity index (χ4n) is 2.39. The normalized spacial score (nSPS) is 10.6. The van der Waals surface area contributed by atoms with Gasteiger partial charge >= 0.3 is 0 Å². The number of nitrogens with zero attached hydrogens (tertiary/aromatic N) is 4. The van der Waals surface area contributed by atoms with Crippen LogP contribution in [0.2, 0.25) is 0 Å². The molecule has 0 fully saturated rings. The summed E-state index contributed by atoms with van der Waals surface area (Å²) in [5.74, 6) is 0.827. The average molecular weight is 325 g/mol. The molecule has 7 nitrogen and oxygen atoms in total. The maximum Gasteiger partial charge on any atom is 0.277 e. The fraction of sp³-hybridized carbons (Fsp3) is 0.235. The van der Waals surface area contributed by atoms with E-state index in [1.54, 1.807) is 28.5 Å². The van der Waals surface area contributed by atoms with Crippen molar-refractivity contribution in [1.82, 2.24) is 19.6 Å². The zero-order chi connectivity index (χ0) is 17.1. The Morgan fingerprint density at radius 1 is 1.21 bits per heavy atom. The number of carbonyl (C=O) groups excluding carboxylic acids is 1. The number of benzene rings is 1. The van der Waals surface area contributed by atoms with Gasteiger partial charge in [-0.15, -0.1) is 0 Å². The van der Waals surface area contributed by atoms with Gasteiger partial charge in [-0.05, 0) is 26.0 Å². The van der Waals surface area contributed by atoms with E-state index >= 15 is 0 Å². The van der Waals surface area contributed by atoms with Crippen LogP contribution in [0.4, 0.5) is 5.82 Å². The summed E-state index contributed by atoms with van der Waals surface area (Å²) in [4.78, 5) is 12.5. The van der Waals surface area contributed by atoms with E-state index < -0.39 is 0 Å². The van der Waals surface area contributed by atoms with Crippen LogP contribution in [0.3, 0.4) is 0 Å². The number of hydrogen-bond donors (Lipinski definition) is 1. The zero-order valence-corrected chi connectivity index (χ0v) is 13.9. The molecule has 0 bridgehead atoms. The van der Waals surface area contributed by atoms with E-state index in [9.17, 15) is 4.79 Å². The van der Waals surface area contributed by atoms with Crippen molar-refractivity contribution in [3.63, 3.8) is 0 Å². The molecule has 0 radical (unpaired) electrons. The number of hydrogen-bond acceptors (Lipinski definition) is 4. The van der Waals surface area contributed by atoms with Crippen LogP contribution in [-0.2, 0) is 7.05 Å². The average Bonchev–Trinajstić information content (AvgIpc) is 3.12. The van der Waals surface area contributed by atoms with E-state index in [4.69, 9.17) is 4.74 Å². The lowest BCUT2D eigenvalue weighted by molar-refractivity contribution is 0.102. The minimum absolute atomic E-state index is 0.279. The topological polar surface area (TPSA) is 74.0 Å². The number of anilines is 1. The lowest BCUT2D eigenvalue weighted by Gasteiger charge is -2.06. The SMILES string of the molecule is CCOc1cc(C(=O)Nc2cc(C)nn2C)nn1-c1ccccc1. The number of ether oxygens (including phenoxy) is 1. The summed E-state index contributed by atoms with van der Waals surface area (Å²) < 4.78 is 8.84. The number of nitrogens with one attached hydrogen (secondary N) is 1. The van der Waals surface area contributed by atoms with Gasteiger partial charge in [-0.3, -0.25) is 9.48 Å². The van der Waals surface area contributed by atoms with Crippen molar-refractivity contribution in [2.24, 2.45) is 7.05 Å². The number of aromatic nitrogens is 4. The summed E-state index contributed by atoms with van der Waals surface area (Å²) in [5.41, 5.74) is 1.94. The summed E-state index contributed by atoms with van der Waals surface area (Å²) in [6.07, 6.45) is 0. The van der Waals surface area contributed by atoms with Gasteiger partial charge in [0.15, 0.2) is 5.69 Å². The van der Waals surface area contributed by atoms with Crippen molar-refractivity contribution in [3.8, 4) is 11.6 Å². The molecule has 7 heteroatoms. The summed E-state index contributed by atoms with van der Waals surface area (Å²) in [6, 6.07) is 13.0. The first-order valence-corrected chi connectivity index (χ1v) is 7.68. The van der Waals surface area contributed by atoms with Crippen LogP contribution in [0, 0.1) is 6.92 Å². The molecule has 3 rings (SSSR count). The quantitative estimate of drug-likeness (QED) is 0.782. The highest BCUT2D eigenvalue weighted by atomic mass is 16.5. The molecule has 0 aliphatic carbocycles. The first-order valence-electron chi connectivity index (χ1n) is 7.68. The van der Waals surface area contributed by atoms with Crippen molar-refractivity contribution < 1.29 is 9.53 Å². The number of carbonyl (C=O) groups is 1. The molecule has 0 spiro atoms. The monoisotopic (exact) mass is 325 g/mol. The molecule has 124 valence electrons. The second-order valence-corrected chi connectivity index (χ2v) is 5.30. The van der Waals surface area contributed by atoms with Crippen molar-refractivity contribution >= 4 is 11.7 Å². The Morgan fingerprint density at radius 2 is 1.96 bits per heavy atom. The number of aryl methyl sites for hydroxylation is 2. The molecule has 1 N–H and O–H groups in total. The minimum Gasteiger partial charge on any atom is -0.478 e. The maximum atomic E-state index is 12.5. The van der Waals surface area contributed by atoms with Crippen molar-refractivity contribution in [1.29, 1.82) is 0 Å². The Balaban J connectivity index is 1.91. The van der Waals surface area contributed by atoms with E-state index in [0.717, 1.165) is 11.4 Å². The van der Waals surface area contributed by atoms with E-state index in [-0.39, 0.29) is 11.6 Å². The van der Waals surface area contributed by atoms with Gasteiger partial charge in [-0.2, -0.15) is 10.2 Å². The van der Waals surface area contributed by atoms with Gasteiger partial charge in [-0.25, -0.2) is 4.68 Å². The van der Waals surface area contributed by atoms with Crippen LogP contribution < -0.4 is 10.1 Å². The molecule has 0 aliphatic heterocycles. The van der Waals surface area contributed by atoms with Gasteiger partial charge in [0.05, 0.1) is 18.0 Å². The zero-order valence-electron chi connectivity index (χ0n) is 13.9. The van der Waals surface area contributed by atoms with Gasteiger partial charge in [-0.1, -0.05) is 18.2 Å². The van der Waals surface area contributed by atoms with Crippen LogP contribution in [-0.4, -0.2) is 32.1 Å².